The zero-order valence-electron chi connectivity index (χ0n) is 35.1. The van der Waals surface area contributed by atoms with Crippen LogP contribution in [-0.4, -0.2) is 72.1 Å². The zero-order chi connectivity index (χ0) is 41.8. The molecular formula is C44H76NO11P. The van der Waals surface area contributed by atoms with Gasteiger partial charge in [0.25, 0.3) is 0 Å². The number of hydrogen-bond acceptors (Lipinski definition) is 10. The van der Waals surface area contributed by atoms with E-state index in [1.807, 2.05) is 6.08 Å². The van der Waals surface area contributed by atoms with E-state index in [2.05, 4.69) is 60.9 Å². The van der Waals surface area contributed by atoms with Crippen LogP contribution in [0.5, 0.6) is 0 Å². The third-order valence-corrected chi connectivity index (χ3v) is 10.4. The van der Waals surface area contributed by atoms with Gasteiger partial charge in [-0.1, -0.05) is 133 Å². The van der Waals surface area contributed by atoms with E-state index in [0.717, 1.165) is 64.2 Å². The molecule has 5 atom stereocenters. The monoisotopic (exact) mass is 826 g/mol. The number of carbonyl (C=O) groups is 3. The standard InChI is InChI=1S/C44H76NO11P/c1-3-5-7-9-11-12-13-14-15-16-17-18-19-20-21-25-29-33-42(46)52-35-38(36-53-57(50,51)54-37-39(45)44(48)49)55-43(47)34-30-26-22-24-28-32-41-40(56-41)31-27-23-10-8-6-4-2/h14-15,17-18,20-21,23,27,38-41H,3-13,16,19,22,24-26,28-37,45H2,1-2H3,(H,48,49)(H,50,51)/b15-14-,18-17-,21-20-,27-23-/t38-,39+,40?,41?/m1/s1. The summed E-state index contributed by atoms with van der Waals surface area (Å²) in [5.41, 5.74) is 5.33. The summed E-state index contributed by atoms with van der Waals surface area (Å²) >= 11 is 0. The molecule has 0 bridgehead atoms. The molecule has 0 aromatic rings. The zero-order valence-corrected chi connectivity index (χ0v) is 36.0. The number of unbranched alkanes of at least 4 members (excludes halogenated alkanes) is 14. The highest BCUT2D eigenvalue weighted by molar-refractivity contribution is 7.47. The summed E-state index contributed by atoms with van der Waals surface area (Å²) in [7, 11) is -4.74. The number of carboxylic acids is 1. The molecule has 1 fully saturated rings. The van der Waals surface area contributed by atoms with Crippen LogP contribution in [-0.2, 0) is 42.2 Å². The van der Waals surface area contributed by atoms with Crippen LogP contribution in [0.25, 0.3) is 0 Å². The molecule has 1 rings (SSSR count). The maximum absolute atomic E-state index is 12.6. The predicted molar refractivity (Wildman–Crippen MR) is 226 cm³/mol. The number of carbonyl (C=O) groups excluding carboxylic acids is 2. The van der Waals surface area contributed by atoms with Crippen LogP contribution >= 0.6 is 7.82 Å². The number of rotatable bonds is 39. The van der Waals surface area contributed by atoms with Gasteiger partial charge in [0.05, 0.1) is 25.4 Å². The van der Waals surface area contributed by atoms with E-state index >= 15 is 0 Å². The maximum Gasteiger partial charge on any atom is 0.472 e. The van der Waals surface area contributed by atoms with Crippen LogP contribution in [0.4, 0.5) is 0 Å². The summed E-state index contributed by atoms with van der Waals surface area (Å²) in [6.07, 6.45) is 40.6. The first-order valence-electron chi connectivity index (χ1n) is 21.8. The highest BCUT2D eigenvalue weighted by Crippen LogP contribution is 2.43. The average molecular weight is 826 g/mol. The lowest BCUT2D eigenvalue weighted by molar-refractivity contribution is -0.161. The molecule has 13 heteroatoms. The average Bonchev–Trinajstić information content (AvgIpc) is 3.94. The number of hydrogen-bond donors (Lipinski definition) is 3. The molecule has 12 nitrogen and oxygen atoms in total. The van der Waals surface area contributed by atoms with Gasteiger partial charge in [0, 0.05) is 12.8 Å². The first-order valence-corrected chi connectivity index (χ1v) is 23.3. The quantitative estimate of drug-likeness (QED) is 0.0175. The van der Waals surface area contributed by atoms with E-state index in [-0.39, 0.29) is 19.4 Å². The Morgan fingerprint density at radius 1 is 0.649 bits per heavy atom. The first kappa shape index (κ1) is 52.4. The van der Waals surface area contributed by atoms with Crippen molar-refractivity contribution in [2.75, 3.05) is 19.8 Å². The van der Waals surface area contributed by atoms with Gasteiger partial charge >= 0.3 is 25.7 Å². The molecule has 328 valence electrons. The highest BCUT2D eigenvalue weighted by atomic mass is 31.2. The second-order valence-corrected chi connectivity index (χ2v) is 16.3. The number of phosphoric acid groups is 1. The van der Waals surface area contributed by atoms with Gasteiger partial charge in [-0.2, -0.15) is 0 Å². The number of esters is 2. The first-order chi connectivity index (χ1) is 27.6. The molecule has 57 heavy (non-hydrogen) atoms. The molecule has 1 aliphatic heterocycles. The third kappa shape index (κ3) is 33.0. The molecule has 0 radical (unpaired) electrons. The van der Waals surface area contributed by atoms with E-state index in [0.29, 0.717) is 31.5 Å². The van der Waals surface area contributed by atoms with Gasteiger partial charge in [0.1, 0.15) is 12.6 Å². The van der Waals surface area contributed by atoms with Crippen LogP contribution in [0.15, 0.2) is 48.6 Å². The van der Waals surface area contributed by atoms with E-state index in [4.69, 9.17) is 29.6 Å². The SMILES string of the molecule is CCCCC/C=C\CC1OC1CCCCCCCC(=O)O[C@H](COC(=O)CCC/C=C\C/C=C\C/C=C\CCCCCCCC)COP(=O)(O)OC[C@H](N)C(=O)O. The predicted octanol–water partition coefficient (Wildman–Crippen LogP) is 10.4. The summed E-state index contributed by atoms with van der Waals surface area (Å²) in [4.78, 5) is 46.0. The number of allylic oxidation sites excluding steroid dienone is 7. The Labute approximate surface area is 343 Å². The van der Waals surface area contributed by atoms with E-state index in [1.54, 1.807) is 0 Å². The molecule has 1 aliphatic rings. The second-order valence-electron chi connectivity index (χ2n) is 14.9. The smallest absolute Gasteiger partial charge is 0.472 e. The lowest BCUT2D eigenvalue weighted by Crippen LogP contribution is -2.34. The Balaban J connectivity index is 2.33. The van der Waals surface area contributed by atoms with Crippen LogP contribution in [0, 0.1) is 0 Å². The van der Waals surface area contributed by atoms with E-state index in [1.165, 1.54) is 57.8 Å². The Hall–Kier alpha value is -2.60. The van der Waals surface area contributed by atoms with Crippen LogP contribution < -0.4 is 5.73 Å². The molecule has 0 aromatic carbocycles. The number of carboxylic acid groups (broad SMARTS) is 1. The van der Waals surface area contributed by atoms with E-state index < -0.39 is 51.1 Å². The number of epoxide rings is 1. The molecule has 3 unspecified atom stereocenters. The molecule has 0 saturated carbocycles. The summed E-state index contributed by atoms with van der Waals surface area (Å²) in [5, 5.41) is 8.89. The van der Waals surface area contributed by atoms with Gasteiger partial charge in [-0.3, -0.25) is 23.4 Å². The Morgan fingerprint density at radius 3 is 1.86 bits per heavy atom. The molecule has 4 N–H and O–H groups in total. The second kappa shape index (κ2) is 35.4. The number of nitrogens with two attached hydrogens (primary N) is 1. The largest absolute Gasteiger partial charge is 0.480 e. The fourth-order valence-corrected chi connectivity index (χ4v) is 6.69. The molecule has 0 aliphatic carbocycles. The van der Waals surface area contributed by atoms with Crippen LogP contribution in [0.3, 0.4) is 0 Å². The highest BCUT2D eigenvalue weighted by Gasteiger charge is 2.36. The minimum absolute atomic E-state index is 0.126. The van der Waals surface area contributed by atoms with Gasteiger partial charge in [-0.15, -0.1) is 0 Å². The minimum Gasteiger partial charge on any atom is -0.480 e. The van der Waals surface area contributed by atoms with Gasteiger partial charge in [0.15, 0.2) is 6.10 Å². The summed E-state index contributed by atoms with van der Waals surface area (Å²) < 4.78 is 38.4. The minimum atomic E-state index is -4.74. The van der Waals surface area contributed by atoms with Crippen molar-refractivity contribution in [1.29, 1.82) is 0 Å². The van der Waals surface area contributed by atoms with Crippen molar-refractivity contribution >= 4 is 25.7 Å². The van der Waals surface area contributed by atoms with Crippen molar-refractivity contribution in [3.63, 3.8) is 0 Å². The number of phosphoric ester groups is 1. The van der Waals surface area contributed by atoms with E-state index in [9.17, 15) is 23.8 Å². The fourth-order valence-electron chi connectivity index (χ4n) is 5.91. The van der Waals surface area contributed by atoms with Crippen molar-refractivity contribution < 1.29 is 52.2 Å². The van der Waals surface area contributed by atoms with Gasteiger partial charge < -0.3 is 29.9 Å². The van der Waals surface area contributed by atoms with Crippen LogP contribution in [0.1, 0.15) is 168 Å². The lowest BCUT2D eigenvalue weighted by atomic mass is 10.1. The molecule has 1 heterocycles. The summed E-state index contributed by atoms with van der Waals surface area (Å²) in [5.74, 6) is -2.48. The molecule has 0 aromatic heterocycles. The van der Waals surface area contributed by atoms with Gasteiger partial charge in [0.2, 0.25) is 0 Å². The van der Waals surface area contributed by atoms with Crippen LogP contribution in [0.2, 0.25) is 0 Å². The van der Waals surface area contributed by atoms with Crippen molar-refractivity contribution in [2.45, 2.75) is 192 Å². The molecular weight excluding hydrogens is 749 g/mol. The number of aliphatic carboxylic acids is 1. The summed E-state index contributed by atoms with van der Waals surface area (Å²) in [6, 6.07) is -1.53. The van der Waals surface area contributed by atoms with Crippen molar-refractivity contribution in [2.24, 2.45) is 5.73 Å². The Morgan fingerprint density at radius 2 is 1.18 bits per heavy atom. The van der Waals surface area contributed by atoms with Crippen molar-refractivity contribution in [3.05, 3.63) is 48.6 Å². The Bertz CT molecular complexity index is 1220. The van der Waals surface area contributed by atoms with Gasteiger partial charge in [-0.25, -0.2) is 4.57 Å². The number of ether oxygens (including phenoxy) is 3. The lowest BCUT2D eigenvalue weighted by Gasteiger charge is -2.20. The topological polar surface area (TPSA) is 184 Å². The summed E-state index contributed by atoms with van der Waals surface area (Å²) in [6.45, 7) is 2.68. The third-order valence-electron chi connectivity index (χ3n) is 9.47. The van der Waals surface area contributed by atoms with Crippen molar-refractivity contribution in [3.8, 4) is 0 Å². The molecule has 0 amide bonds. The van der Waals surface area contributed by atoms with Crippen molar-refractivity contribution in [1.82, 2.24) is 0 Å². The van der Waals surface area contributed by atoms with Gasteiger partial charge in [-0.05, 0) is 70.6 Å². The normalized spacial score (nSPS) is 17.8. The molecule has 1 saturated heterocycles. The maximum atomic E-state index is 12.6. The Kier molecular flexibility index (Phi) is 32.5. The molecule has 0 spiro atoms. The fraction of sp³-hybridized carbons (Fsp3) is 0.750.